The summed E-state index contributed by atoms with van der Waals surface area (Å²) in [5, 5.41) is 9.31. The summed E-state index contributed by atoms with van der Waals surface area (Å²) in [7, 11) is 0. The number of amides is 2. The van der Waals surface area contributed by atoms with Gasteiger partial charge in [-0.1, -0.05) is 13.0 Å². The van der Waals surface area contributed by atoms with E-state index in [2.05, 4.69) is 6.58 Å². The molecular weight excluding hydrogens is 244 g/mol. The SMILES string of the molecule is C=CCN(C(=O)N1CCC(C)CC1C(=O)O)C1CC1. The molecule has 5 heteroatoms. The number of urea groups is 1. The molecule has 2 atom stereocenters. The summed E-state index contributed by atoms with van der Waals surface area (Å²) in [6.45, 7) is 6.76. The largest absolute Gasteiger partial charge is 0.480 e. The van der Waals surface area contributed by atoms with E-state index in [1.807, 2.05) is 6.92 Å². The van der Waals surface area contributed by atoms with Crippen LogP contribution in [0.15, 0.2) is 12.7 Å². The minimum absolute atomic E-state index is 0.137. The fraction of sp³-hybridized carbons (Fsp3) is 0.714. The van der Waals surface area contributed by atoms with Crippen molar-refractivity contribution in [2.24, 2.45) is 5.92 Å². The van der Waals surface area contributed by atoms with E-state index in [1.165, 1.54) is 4.90 Å². The van der Waals surface area contributed by atoms with Crippen LogP contribution in [0.1, 0.15) is 32.6 Å². The van der Waals surface area contributed by atoms with Crippen LogP contribution in [0.2, 0.25) is 0 Å². The maximum Gasteiger partial charge on any atom is 0.326 e. The minimum atomic E-state index is -0.894. The normalized spacial score (nSPS) is 26.9. The van der Waals surface area contributed by atoms with Gasteiger partial charge in [0, 0.05) is 19.1 Å². The molecule has 106 valence electrons. The van der Waals surface area contributed by atoms with Crippen LogP contribution in [-0.2, 0) is 4.79 Å². The van der Waals surface area contributed by atoms with Gasteiger partial charge in [-0.05, 0) is 31.6 Å². The van der Waals surface area contributed by atoms with Crippen molar-refractivity contribution in [3.8, 4) is 0 Å². The first-order valence-corrected chi connectivity index (χ1v) is 6.95. The molecule has 1 saturated heterocycles. The molecule has 1 aliphatic heterocycles. The third-order valence-corrected chi connectivity index (χ3v) is 3.95. The zero-order valence-corrected chi connectivity index (χ0v) is 11.4. The monoisotopic (exact) mass is 266 g/mol. The van der Waals surface area contributed by atoms with Crippen molar-refractivity contribution in [2.45, 2.75) is 44.7 Å². The fourth-order valence-electron chi connectivity index (χ4n) is 2.68. The fourth-order valence-corrected chi connectivity index (χ4v) is 2.68. The van der Waals surface area contributed by atoms with E-state index in [-0.39, 0.29) is 12.1 Å². The van der Waals surface area contributed by atoms with Crippen molar-refractivity contribution < 1.29 is 14.7 Å². The topological polar surface area (TPSA) is 60.9 Å². The van der Waals surface area contributed by atoms with Gasteiger partial charge in [-0.25, -0.2) is 9.59 Å². The molecule has 2 fully saturated rings. The molecule has 0 spiro atoms. The molecule has 0 aromatic carbocycles. The maximum absolute atomic E-state index is 12.5. The molecule has 2 rings (SSSR count). The zero-order valence-electron chi connectivity index (χ0n) is 11.4. The van der Waals surface area contributed by atoms with Crippen LogP contribution >= 0.6 is 0 Å². The minimum Gasteiger partial charge on any atom is -0.480 e. The summed E-state index contributed by atoms with van der Waals surface area (Å²) in [6.07, 6.45) is 5.16. The predicted octanol–water partition coefficient (Wildman–Crippen LogP) is 1.94. The standard InChI is InChI=1S/C14H22N2O3/c1-3-7-15(11-4-5-11)14(19)16-8-6-10(2)9-12(16)13(17)18/h3,10-12H,1,4-9H2,2H3,(H,17,18). The number of carboxylic acids is 1. The lowest BCUT2D eigenvalue weighted by Crippen LogP contribution is -2.54. The molecule has 1 saturated carbocycles. The van der Waals surface area contributed by atoms with Crippen LogP contribution in [0.5, 0.6) is 0 Å². The van der Waals surface area contributed by atoms with E-state index in [0.717, 1.165) is 19.3 Å². The van der Waals surface area contributed by atoms with Crippen molar-refractivity contribution in [1.29, 1.82) is 0 Å². The molecule has 1 aliphatic carbocycles. The number of aliphatic carboxylic acids is 1. The zero-order chi connectivity index (χ0) is 14.0. The van der Waals surface area contributed by atoms with Gasteiger partial charge in [-0.3, -0.25) is 0 Å². The molecule has 0 bridgehead atoms. The first-order valence-electron chi connectivity index (χ1n) is 6.95. The average molecular weight is 266 g/mol. The first-order chi connectivity index (χ1) is 9.04. The Morgan fingerprint density at radius 2 is 2.11 bits per heavy atom. The van der Waals surface area contributed by atoms with Gasteiger partial charge in [0.1, 0.15) is 6.04 Å². The van der Waals surface area contributed by atoms with Gasteiger partial charge in [0.25, 0.3) is 0 Å². The summed E-state index contributed by atoms with van der Waals surface area (Å²) in [4.78, 5) is 27.2. The molecule has 0 radical (unpaired) electrons. The number of rotatable bonds is 4. The van der Waals surface area contributed by atoms with Crippen LogP contribution in [-0.4, -0.2) is 52.1 Å². The van der Waals surface area contributed by atoms with E-state index in [4.69, 9.17) is 0 Å². The number of nitrogens with zero attached hydrogens (tertiary/aromatic N) is 2. The molecular formula is C14H22N2O3. The maximum atomic E-state index is 12.5. The second-order valence-electron chi connectivity index (χ2n) is 5.63. The van der Waals surface area contributed by atoms with E-state index >= 15 is 0 Å². The van der Waals surface area contributed by atoms with Crippen molar-refractivity contribution >= 4 is 12.0 Å². The molecule has 19 heavy (non-hydrogen) atoms. The number of piperidine rings is 1. The molecule has 0 aromatic rings. The molecule has 0 aromatic heterocycles. The second-order valence-corrected chi connectivity index (χ2v) is 5.63. The lowest BCUT2D eigenvalue weighted by atomic mass is 9.92. The van der Waals surface area contributed by atoms with Crippen LogP contribution in [0.25, 0.3) is 0 Å². The van der Waals surface area contributed by atoms with Crippen LogP contribution in [0.4, 0.5) is 4.79 Å². The van der Waals surface area contributed by atoms with Crippen LogP contribution < -0.4 is 0 Å². The highest BCUT2D eigenvalue weighted by Gasteiger charge is 2.40. The van der Waals surface area contributed by atoms with E-state index < -0.39 is 12.0 Å². The Morgan fingerprint density at radius 1 is 1.42 bits per heavy atom. The molecule has 5 nitrogen and oxygen atoms in total. The van der Waals surface area contributed by atoms with Gasteiger partial charge >= 0.3 is 12.0 Å². The highest BCUT2D eigenvalue weighted by Crippen LogP contribution is 2.30. The lowest BCUT2D eigenvalue weighted by molar-refractivity contribution is -0.144. The smallest absolute Gasteiger partial charge is 0.326 e. The third kappa shape index (κ3) is 3.08. The van der Waals surface area contributed by atoms with Crippen molar-refractivity contribution in [3.63, 3.8) is 0 Å². The number of likely N-dealkylation sites (tertiary alicyclic amines) is 1. The van der Waals surface area contributed by atoms with Gasteiger partial charge < -0.3 is 14.9 Å². The van der Waals surface area contributed by atoms with Gasteiger partial charge in [0.2, 0.25) is 0 Å². The Labute approximate surface area is 113 Å². The lowest BCUT2D eigenvalue weighted by Gasteiger charge is -2.39. The Bertz CT molecular complexity index is 379. The number of hydrogen-bond acceptors (Lipinski definition) is 2. The molecule has 2 unspecified atom stereocenters. The summed E-state index contributed by atoms with van der Waals surface area (Å²) in [6, 6.07) is -0.539. The van der Waals surface area contributed by atoms with E-state index in [0.29, 0.717) is 25.4 Å². The van der Waals surface area contributed by atoms with Crippen molar-refractivity contribution in [1.82, 2.24) is 9.80 Å². The van der Waals surface area contributed by atoms with Crippen molar-refractivity contribution in [3.05, 3.63) is 12.7 Å². The third-order valence-electron chi connectivity index (χ3n) is 3.95. The number of carbonyl (C=O) groups is 2. The Kier molecular flexibility index (Phi) is 4.12. The molecule has 1 N–H and O–H groups in total. The Balaban J connectivity index is 2.10. The summed E-state index contributed by atoms with van der Waals surface area (Å²) in [5.41, 5.74) is 0. The average Bonchev–Trinajstić information content (AvgIpc) is 3.19. The van der Waals surface area contributed by atoms with Crippen molar-refractivity contribution in [2.75, 3.05) is 13.1 Å². The van der Waals surface area contributed by atoms with E-state index in [9.17, 15) is 14.7 Å². The van der Waals surface area contributed by atoms with Gasteiger partial charge in [-0.2, -0.15) is 0 Å². The van der Waals surface area contributed by atoms with Gasteiger partial charge in [0.15, 0.2) is 0 Å². The summed E-state index contributed by atoms with van der Waals surface area (Å²) < 4.78 is 0. The highest BCUT2D eigenvalue weighted by molar-refractivity contribution is 5.83. The van der Waals surface area contributed by atoms with Gasteiger partial charge in [-0.15, -0.1) is 6.58 Å². The molecule has 1 heterocycles. The highest BCUT2D eigenvalue weighted by atomic mass is 16.4. The second kappa shape index (κ2) is 5.63. The number of carboxylic acid groups (broad SMARTS) is 1. The number of carbonyl (C=O) groups excluding carboxylic acids is 1. The molecule has 2 aliphatic rings. The molecule has 2 amide bonds. The first kappa shape index (κ1) is 13.9. The quantitative estimate of drug-likeness (QED) is 0.791. The number of hydrogen-bond donors (Lipinski definition) is 1. The van der Waals surface area contributed by atoms with Crippen LogP contribution in [0.3, 0.4) is 0 Å². The predicted molar refractivity (Wildman–Crippen MR) is 71.8 cm³/mol. The Morgan fingerprint density at radius 3 is 2.63 bits per heavy atom. The van der Waals surface area contributed by atoms with Gasteiger partial charge in [0.05, 0.1) is 0 Å². The van der Waals surface area contributed by atoms with E-state index in [1.54, 1.807) is 11.0 Å². The van der Waals surface area contributed by atoms with Crippen LogP contribution in [0, 0.1) is 5.92 Å². The summed E-state index contributed by atoms with van der Waals surface area (Å²) >= 11 is 0. The Hall–Kier alpha value is -1.52. The summed E-state index contributed by atoms with van der Waals surface area (Å²) in [5.74, 6) is -0.534.